The summed E-state index contributed by atoms with van der Waals surface area (Å²) >= 11 is 1.52. The minimum Gasteiger partial charge on any atom is -0.452 e. The summed E-state index contributed by atoms with van der Waals surface area (Å²) in [6, 6.07) is 15.0. The number of hydrogen-bond donors (Lipinski definition) is 1. The molecule has 2 aromatic carbocycles. The lowest BCUT2D eigenvalue weighted by Crippen LogP contribution is -2.30. The first-order valence-electron chi connectivity index (χ1n) is 8.93. The number of esters is 1. The van der Waals surface area contributed by atoms with Gasteiger partial charge in [0.25, 0.3) is 5.91 Å². The first-order chi connectivity index (χ1) is 13.0. The minimum atomic E-state index is -0.524. The molecule has 0 aliphatic carbocycles. The highest BCUT2D eigenvalue weighted by Crippen LogP contribution is 2.32. The highest BCUT2D eigenvalue weighted by atomic mass is 32.1. The van der Waals surface area contributed by atoms with Crippen molar-refractivity contribution in [2.45, 2.75) is 20.3 Å². The van der Waals surface area contributed by atoms with Gasteiger partial charge in [-0.05, 0) is 30.5 Å². The molecule has 27 heavy (non-hydrogen) atoms. The molecular formula is C21H22N2O3S. The lowest BCUT2D eigenvalue weighted by molar-refractivity contribution is -0.124. The molecule has 0 unspecified atom stereocenters. The van der Waals surface area contributed by atoms with Gasteiger partial charge in [-0.3, -0.25) is 4.79 Å². The Hall–Kier alpha value is -2.73. The van der Waals surface area contributed by atoms with Crippen LogP contribution < -0.4 is 5.32 Å². The highest BCUT2D eigenvalue weighted by Gasteiger charge is 2.17. The van der Waals surface area contributed by atoms with E-state index in [1.54, 1.807) is 12.1 Å². The molecule has 0 bridgehead atoms. The quantitative estimate of drug-likeness (QED) is 0.619. The number of thiazole rings is 1. The zero-order valence-electron chi connectivity index (χ0n) is 15.4. The molecule has 0 saturated heterocycles. The number of carbonyl (C=O) groups is 2. The van der Waals surface area contributed by atoms with E-state index in [2.05, 4.69) is 24.1 Å². The third-order valence-electron chi connectivity index (χ3n) is 4.05. The molecule has 3 rings (SSSR count). The highest BCUT2D eigenvalue weighted by molar-refractivity contribution is 7.21. The van der Waals surface area contributed by atoms with Crippen LogP contribution in [0.4, 0.5) is 0 Å². The lowest BCUT2D eigenvalue weighted by Gasteiger charge is -2.09. The maximum atomic E-state index is 12.5. The molecule has 6 heteroatoms. The van der Waals surface area contributed by atoms with Gasteiger partial charge in [-0.25, -0.2) is 9.78 Å². The number of rotatable bonds is 7. The van der Waals surface area contributed by atoms with Crippen LogP contribution in [0.3, 0.4) is 0 Å². The van der Waals surface area contributed by atoms with Crippen LogP contribution in [0.5, 0.6) is 0 Å². The molecule has 140 valence electrons. The number of ether oxygens (including phenoxy) is 1. The number of benzene rings is 2. The summed E-state index contributed by atoms with van der Waals surface area (Å²) in [5.74, 6) is -0.307. The monoisotopic (exact) mass is 382 g/mol. The van der Waals surface area contributed by atoms with E-state index in [-0.39, 0.29) is 12.5 Å². The van der Waals surface area contributed by atoms with Crippen molar-refractivity contribution in [2.75, 3.05) is 13.2 Å². The summed E-state index contributed by atoms with van der Waals surface area (Å²) < 4.78 is 6.27. The average molecular weight is 382 g/mol. The third kappa shape index (κ3) is 4.92. The third-order valence-corrected chi connectivity index (χ3v) is 5.12. The van der Waals surface area contributed by atoms with E-state index in [0.29, 0.717) is 23.6 Å². The normalized spacial score (nSPS) is 10.9. The molecule has 0 fully saturated rings. The van der Waals surface area contributed by atoms with Crippen molar-refractivity contribution in [2.24, 2.45) is 5.92 Å². The molecule has 5 nitrogen and oxygen atoms in total. The van der Waals surface area contributed by atoms with E-state index in [1.165, 1.54) is 11.3 Å². The molecule has 0 spiro atoms. The number of hydrogen-bond acceptors (Lipinski definition) is 5. The van der Waals surface area contributed by atoms with E-state index in [9.17, 15) is 9.59 Å². The molecule has 0 radical (unpaired) electrons. The van der Waals surface area contributed by atoms with Gasteiger partial charge >= 0.3 is 5.97 Å². The van der Waals surface area contributed by atoms with E-state index < -0.39 is 5.97 Å². The van der Waals surface area contributed by atoms with Gasteiger partial charge in [0.05, 0.1) is 15.8 Å². The summed E-state index contributed by atoms with van der Waals surface area (Å²) in [6.07, 6.45) is 0.889. The van der Waals surface area contributed by atoms with Crippen LogP contribution in [0.1, 0.15) is 30.6 Å². The fourth-order valence-electron chi connectivity index (χ4n) is 2.60. The van der Waals surface area contributed by atoms with Gasteiger partial charge in [-0.1, -0.05) is 44.2 Å². The van der Waals surface area contributed by atoms with Gasteiger partial charge in [0.15, 0.2) is 6.61 Å². The number of amides is 1. The Morgan fingerprint density at radius 1 is 1.11 bits per heavy atom. The molecule has 1 heterocycles. The molecule has 1 N–H and O–H groups in total. The topological polar surface area (TPSA) is 68.3 Å². The molecule has 0 aliphatic heterocycles. The summed E-state index contributed by atoms with van der Waals surface area (Å²) in [5.41, 5.74) is 2.01. The van der Waals surface area contributed by atoms with Crippen molar-refractivity contribution in [3.05, 3.63) is 54.1 Å². The first kappa shape index (κ1) is 19.0. The number of fused-ring (bicyclic) bond motifs is 1. The number of nitrogens with one attached hydrogen (secondary N) is 1. The minimum absolute atomic E-state index is 0.287. The molecule has 3 aromatic rings. The summed E-state index contributed by atoms with van der Waals surface area (Å²) in [4.78, 5) is 29.0. The Morgan fingerprint density at radius 2 is 1.85 bits per heavy atom. The predicted molar refractivity (Wildman–Crippen MR) is 108 cm³/mol. The van der Waals surface area contributed by atoms with Crippen molar-refractivity contribution < 1.29 is 14.3 Å². The van der Waals surface area contributed by atoms with Gasteiger partial charge in [-0.15, -0.1) is 11.3 Å². The maximum Gasteiger partial charge on any atom is 0.339 e. The van der Waals surface area contributed by atoms with Crippen molar-refractivity contribution in [3.63, 3.8) is 0 Å². The van der Waals surface area contributed by atoms with E-state index in [1.807, 2.05) is 36.4 Å². The zero-order valence-corrected chi connectivity index (χ0v) is 16.2. The largest absolute Gasteiger partial charge is 0.452 e. The van der Waals surface area contributed by atoms with Crippen molar-refractivity contribution in [1.29, 1.82) is 0 Å². The van der Waals surface area contributed by atoms with Crippen LogP contribution in [-0.4, -0.2) is 30.0 Å². The van der Waals surface area contributed by atoms with Gasteiger partial charge in [0, 0.05) is 12.1 Å². The van der Waals surface area contributed by atoms with Crippen LogP contribution >= 0.6 is 11.3 Å². The van der Waals surface area contributed by atoms with Crippen LogP contribution in [0.25, 0.3) is 20.8 Å². The molecule has 1 amide bonds. The Morgan fingerprint density at radius 3 is 2.63 bits per heavy atom. The second kappa shape index (κ2) is 8.77. The Labute approximate surface area is 162 Å². The smallest absolute Gasteiger partial charge is 0.339 e. The maximum absolute atomic E-state index is 12.5. The van der Waals surface area contributed by atoms with Crippen LogP contribution in [-0.2, 0) is 9.53 Å². The second-order valence-electron chi connectivity index (χ2n) is 6.64. The van der Waals surface area contributed by atoms with Crippen LogP contribution in [0, 0.1) is 5.92 Å². The Kier molecular flexibility index (Phi) is 6.19. The van der Waals surface area contributed by atoms with E-state index >= 15 is 0 Å². The van der Waals surface area contributed by atoms with Crippen LogP contribution in [0.2, 0.25) is 0 Å². The molecule has 0 atom stereocenters. The number of carbonyl (C=O) groups excluding carboxylic acids is 2. The van der Waals surface area contributed by atoms with Crippen molar-refractivity contribution in [1.82, 2.24) is 10.3 Å². The standard InChI is InChI=1S/C21H22N2O3S/c1-14(2)11-12-22-19(24)13-26-21(25)16-8-4-3-7-15(16)20-23-17-9-5-6-10-18(17)27-20/h3-10,14H,11-13H2,1-2H3,(H,22,24). The van der Waals surface area contributed by atoms with E-state index in [4.69, 9.17) is 4.74 Å². The van der Waals surface area contributed by atoms with E-state index in [0.717, 1.165) is 21.6 Å². The number of nitrogens with zero attached hydrogens (tertiary/aromatic N) is 1. The summed E-state index contributed by atoms with van der Waals surface area (Å²) in [5, 5.41) is 3.51. The van der Waals surface area contributed by atoms with Gasteiger partial charge in [0.1, 0.15) is 5.01 Å². The predicted octanol–water partition coefficient (Wildman–Crippen LogP) is 4.28. The second-order valence-corrected chi connectivity index (χ2v) is 7.67. The molecular weight excluding hydrogens is 360 g/mol. The zero-order chi connectivity index (χ0) is 19.2. The fraction of sp³-hybridized carbons (Fsp3) is 0.286. The molecule has 0 saturated carbocycles. The van der Waals surface area contributed by atoms with Crippen molar-refractivity contribution in [3.8, 4) is 10.6 Å². The Bertz CT molecular complexity index is 916. The summed E-state index contributed by atoms with van der Waals surface area (Å²) in [6.45, 7) is 4.47. The molecule has 0 aliphatic rings. The molecule has 1 aromatic heterocycles. The first-order valence-corrected chi connectivity index (χ1v) is 9.75. The van der Waals surface area contributed by atoms with Gasteiger partial charge in [-0.2, -0.15) is 0 Å². The van der Waals surface area contributed by atoms with Crippen molar-refractivity contribution >= 4 is 33.4 Å². The van der Waals surface area contributed by atoms with Gasteiger partial charge < -0.3 is 10.1 Å². The van der Waals surface area contributed by atoms with Crippen LogP contribution in [0.15, 0.2) is 48.5 Å². The lowest BCUT2D eigenvalue weighted by atomic mass is 10.1. The van der Waals surface area contributed by atoms with Gasteiger partial charge in [0.2, 0.25) is 0 Å². The Balaban J connectivity index is 1.70. The summed E-state index contributed by atoms with van der Waals surface area (Å²) in [7, 11) is 0. The fourth-order valence-corrected chi connectivity index (χ4v) is 3.60. The average Bonchev–Trinajstić information content (AvgIpc) is 3.10. The number of para-hydroxylation sites is 1. The number of aromatic nitrogens is 1. The SMILES string of the molecule is CC(C)CCNC(=O)COC(=O)c1ccccc1-c1nc2ccccc2s1.